The number of carboxylic acids is 4. The zero-order valence-electron chi connectivity index (χ0n) is 44.0. The van der Waals surface area contributed by atoms with Crippen LogP contribution in [0.25, 0.3) is 22.8 Å². The van der Waals surface area contributed by atoms with Crippen molar-refractivity contribution in [3.05, 3.63) is 237 Å². The van der Waals surface area contributed by atoms with Crippen LogP contribution in [-0.2, 0) is 4.84 Å². The highest BCUT2D eigenvalue weighted by atomic mass is 35.5. The van der Waals surface area contributed by atoms with E-state index in [9.17, 15) is 41.9 Å². The highest BCUT2D eigenvalue weighted by Crippen LogP contribution is 2.25. The second-order valence-electron chi connectivity index (χ2n) is 16.8. The van der Waals surface area contributed by atoms with Crippen LogP contribution in [0.1, 0.15) is 122 Å². The van der Waals surface area contributed by atoms with Gasteiger partial charge in [0.15, 0.2) is 11.7 Å². The number of rotatable bonds is 11. The molecule has 1 aromatic heterocycles. The summed E-state index contributed by atoms with van der Waals surface area (Å²) in [6.45, 7) is 5.23. The maximum Gasteiger partial charge on any atom is 0.368 e. The summed E-state index contributed by atoms with van der Waals surface area (Å²) >= 11 is 5.03. The normalized spacial score (nSPS) is 9.94. The van der Waals surface area contributed by atoms with Crippen molar-refractivity contribution in [1.82, 2.24) is 10.1 Å². The van der Waals surface area contributed by atoms with Crippen LogP contribution in [0.15, 0.2) is 185 Å². The number of amidine groups is 2. The number of hydrogen-bond donors (Lipinski definition) is 10. The molecule has 0 saturated heterocycles. The van der Waals surface area contributed by atoms with Gasteiger partial charge < -0.3 is 56.8 Å². The van der Waals surface area contributed by atoms with Crippen molar-refractivity contribution in [2.75, 3.05) is 0 Å². The van der Waals surface area contributed by atoms with E-state index in [1.807, 2.05) is 6.07 Å². The summed E-state index contributed by atoms with van der Waals surface area (Å²) in [5.41, 5.74) is 12.1. The van der Waals surface area contributed by atoms with E-state index in [2.05, 4.69) is 31.2 Å². The van der Waals surface area contributed by atoms with E-state index in [4.69, 9.17) is 68.8 Å². The zero-order valence-corrected chi connectivity index (χ0v) is 44.8. The van der Waals surface area contributed by atoms with E-state index in [0.717, 1.165) is 6.07 Å². The molecule has 1 heterocycles. The Kier molecular flexibility index (Phi) is 35.3. The Hall–Kier alpha value is -11.1. The van der Waals surface area contributed by atoms with Crippen LogP contribution in [0.4, 0.5) is 13.2 Å². The molecular formula is C60H62ClF3N8O15. The number of nitrogens with zero attached hydrogens (tertiary/aromatic N) is 5. The molecule has 0 bridgehead atoms. The van der Waals surface area contributed by atoms with E-state index < -0.39 is 58.1 Å². The number of aliphatic hydroxyl groups is 1. The van der Waals surface area contributed by atoms with Gasteiger partial charge in [0.25, 0.3) is 11.1 Å². The molecule has 13 N–H and O–H groups in total. The number of carbonyl (C=O) groups is 6. The van der Waals surface area contributed by atoms with Gasteiger partial charge in [-0.2, -0.15) is 10.2 Å². The van der Waals surface area contributed by atoms with Crippen LogP contribution >= 0.6 is 11.6 Å². The van der Waals surface area contributed by atoms with E-state index in [1.165, 1.54) is 115 Å². The predicted octanol–water partition coefficient (Wildman–Crippen LogP) is 11.2. The number of nitrogens with two attached hydrogens (primary N) is 3. The molecule has 0 saturated carbocycles. The van der Waals surface area contributed by atoms with Crippen molar-refractivity contribution in [3.8, 4) is 28.9 Å². The number of aromatic nitrogens is 2. The number of hydrogen-bond acceptors (Lipinski definition) is 17. The molecule has 0 radical (unpaired) electrons. The van der Waals surface area contributed by atoms with E-state index in [1.54, 1.807) is 69.3 Å². The van der Waals surface area contributed by atoms with Crippen molar-refractivity contribution in [1.29, 1.82) is 5.26 Å². The SMILES string of the molecule is C.C.C.CC(C)(C)O.N#Cc1cccc(C(=O)O)c1.N/C(=N\O)c1cccc(C(=O)O)c1.N/C(=N\OC(=O)c1ccccc1F)c1cccc(C(=O)O)c1.NO.O=C(Cl)c1ccccc1F.O=C(O)c1cccc(-c2noc(-c3ccccc3F)n2)c1. The van der Waals surface area contributed by atoms with Gasteiger partial charge in [-0.15, -0.1) is 0 Å². The Balaban J connectivity index is 0. The number of benzene rings is 7. The van der Waals surface area contributed by atoms with Gasteiger partial charge >= 0.3 is 29.8 Å². The molecule has 7 aromatic carbocycles. The molecule has 460 valence electrons. The maximum absolute atomic E-state index is 13.7. The van der Waals surface area contributed by atoms with E-state index in [-0.39, 0.29) is 90.2 Å². The molecule has 8 rings (SSSR count). The molecule has 0 aliphatic rings. The third kappa shape index (κ3) is 27.7. The van der Waals surface area contributed by atoms with Crippen LogP contribution in [-0.4, -0.2) is 98.4 Å². The van der Waals surface area contributed by atoms with Crippen LogP contribution in [0.3, 0.4) is 0 Å². The predicted molar refractivity (Wildman–Crippen MR) is 317 cm³/mol. The summed E-state index contributed by atoms with van der Waals surface area (Å²) in [7, 11) is 0. The summed E-state index contributed by atoms with van der Waals surface area (Å²) in [5.74, 6) is -3.59. The van der Waals surface area contributed by atoms with Gasteiger partial charge in [0, 0.05) is 16.7 Å². The molecule has 0 spiro atoms. The Bertz CT molecular complexity index is 3660. The lowest BCUT2D eigenvalue weighted by Gasteiger charge is -2.04. The van der Waals surface area contributed by atoms with Crippen molar-refractivity contribution >= 4 is 58.4 Å². The first-order valence-corrected chi connectivity index (χ1v) is 23.6. The van der Waals surface area contributed by atoms with Crippen LogP contribution in [0, 0.1) is 28.8 Å². The molecule has 0 amide bonds. The number of nitriles is 1. The molecule has 23 nitrogen and oxygen atoms in total. The van der Waals surface area contributed by atoms with Gasteiger partial charge in [-0.3, -0.25) is 4.79 Å². The standard InChI is InChI=1S/C15H11FN2O4.C15H9FN2O3.C8H8N2O3.C8H5NO2.C7H4ClFO.C4H10O.3CH4.H3NO/c16-12-7-2-1-6-11(12)15(21)22-18-13(17)9-4-3-5-10(8-9)14(19)20;16-12-7-2-1-6-11(12)14-17-13(18-21-14)9-4-3-5-10(8-9)15(19)20;9-7(10-13)5-2-1-3-6(4-5)8(11)12;9-5-6-2-1-3-7(4-6)8(10)11;8-7(10)5-3-1-2-4-6(5)9;1-4(2,3)5;;;;1-2/h1-8H,(H2,17,18)(H,19,20);1-8H,(H,19,20);1-4,13H,(H2,9,10)(H,11,12);1-4H,(H,10,11);1-4H;5H,1-3H3;3*1H4;2H,1H2. The highest BCUT2D eigenvalue weighted by molar-refractivity contribution is 6.67. The quantitative estimate of drug-likeness (QED) is 0.0144. The van der Waals surface area contributed by atoms with Gasteiger partial charge in [0.1, 0.15) is 17.5 Å². The van der Waals surface area contributed by atoms with Crippen LogP contribution < -0.4 is 17.4 Å². The molecule has 0 fully saturated rings. The average Bonchev–Trinajstić information content (AvgIpc) is 2.60. The number of aromatic carboxylic acids is 4. The van der Waals surface area contributed by atoms with Gasteiger partial charge in [0.05, 0.1) is 56.2 Å². The fourth-order valence-corrected chi connectivity index (χ4v) is 5.87. The number of oxime groups is 2. The lowest BCUT2D eigenvalue weighted by atomic mass is 10.1. The Morgan fingerprint density at radius 1 is 0.575 bits per heavy atom. The van der Waals surface area contributed by atoms with Gasteiger partial charge in [-0.1, -0.05) is 117 Å². The minimum atomic E-state index is -1.13. The minimum Gasteiger partial charge on any atom is -0.478 e. The summed E-state index contributed by atoms with van der Waals surface area (Å²) in [6, 6.07) is 42.2. The first kappa shape index (κ1) is 78.0. The second-order valence-corrected chi connectivity index (χ2v) is 17.1. The monoisotopic (exact) mass is 1230 g/mol. The van der Waals surface area contributed by atoms with Gasteiger partial charge in [0.2, 0.25) is 5.82 Å². The fraction of sp³-hybridized carbons (Fsp3) is 0.117. The third-order valence-electron chi connectivity index (χ3n) is 9.46. The highest BCUT2D eigenvalue weighted by Gasteiger charge is 2.16. The first-order valence-electron chi connectivity index (χ1n) is 23.3. The van der Waals surface area contributed by atoms with Crippen molar-refractivity contribution in [3.63, 3.8) is 0 Å². The molecule has 0 unspecified atom stereocenters. The zero-order chi connectivity index (χ0) is 63.1. The Labute approximate surface area is 501 Å². The smallest absolute Gasteiger partial charge is 0.368 e. The average molecular weight is 1230 g/mol. The largest absolute Gasteiger partial charge is 0.478 e. The Morgan fingerprint density at radius 3 is 1.39 bits per heavy atom. The van der Waals surface area contributed by atoms with Gasteiger partial charge in [-0.05, 0) is 123 Å². The molecular weight excluding hydrogens is 1170 g/mol. The molecule has 0 aliphatic carbocycles. The number of carboxylic acid groups (broad SMARTS) is 4. The van der Waals surface area contributed by atoms with Crippen LogP contribution in [0.2, 0.25) is 0 Å². The van der Waals surface area contributed by atoms with Crippen molar-refractivity contribution in [2.45, 2.75) is 48.7 Å². The molecule has 87 heavy (non-hydrogen) atoms. The molecule has 27 heteroatoms. The number of carbonyl (C=O) groups excluding carboxylic acids is 2. The Morgan fingerprint density at radius 2 is 0.966 bits per heavy atom. The first-order chi connectivity index (χ1) is 39.7. The van der Waals surface area contributed by atoms with Gasteiger partial charge in [-0.25, -0.2) is 43.0 Å². The fourth-order valence-electron chi connectivity index (χ4n) is 5.72. The summed E-state index contributed by atoms with van der Waals surface area (Å²) in [5, 5.41) is 75.9. The summed E-state index contributed by atoms with van der Waals surface area (Å²) in [6.07, 6.45) is 0. The topological polar surface area (TPSA) is 419 Å². The minimum absolute atomic E-state index is 0. The molecule has 0 atom stereocenters. The van der Waals surface area contributed by atoms with Crippen LogP contribution in [0.5, 0.6) is 0 Å². The van der Waals surface area contributed by atoms with E-state index >= 15 is 0 Å². The van der Waals surface area contributed by atoms with Crippen molar-refractivity contribution < 1.29 is 87.2 Å². The molecule has 8 aromatic rings. The maximum atomic E-state index is 13.7. The lowest BCUT2D eigenvalue weighted by Crippen LogP contribution is -2.16. The van der Waals surface area contributed by atoms with E-state index in [0.29, 0.717) is 16.7 Å². The lowest BCUT2D eigenvalue weighted by molar-refractivity contribution is 0.0508. The number of halogens is 4. The molecule has 0 aliphatic heterocycles. The summed E-state index contributed by atoms with van der Waals surface area (Å²) < 4.78 is 44.6. The summed E-state index contributed by atoms with van der Waals surface area (Å²) in [4.78, 5) is 73.4. The third-order valence-corrected chi connectivity index (χ3v) is 9.66. The second kappa shape index (κ2) is 39.4. The van der Waals surface area contributed by atoms with Crippen molar-refractivity contribution in [2.24, 2.45) is 27.7 Å².